The number of hydrogen-bond donors (Lipinski definition) is 2. The van der Waals surface area contributed by atoms with E-state index in [4.69, 9.17) is 16.3 Å². The first-order chi connectivity index (χ1) is 13.6. The molecule has 5 nitrogen and oxygen atoms in total. The van der Waals surface area contributed by atoms with Crippen LogP contribution in [0.5, 0.6) is 0 Å². The van der Waals surface area contributed by atoms with Crippen LogP contribution in [0, 0.1) is 0 Å². The van der Waals surface area contributed by atoms with Crippen molar-refractivity contribution >= 4 is 50.5 Å². The van der Waals surface area contributed by atoms with Crippen LogP contribution in [0.15, 0.2) is 48.5 Å². The topological polar surface area (TPSA) is 67.4 Å². The number of rotatable bonds is 5. The lowest BCUT2D eigenvalue weighted by atomic mass is 10.1. The fourth-order valence-electron chi connectivity index (χ4n) is 3.24. The van der Waals surface area contributed by atoms with Gasteiger partial charge in [-0.2, -0.15) is 0 Å². The van der Waals surface area contributed by atoms with E-state index in [0.717, 1.165) is 29.5 Å². The lowest BCUT2D eigenvalue weighted by Crippen LogP contribution is -2.32. The molecule has 4 rings (SSSR count). The number of hydrogen-bond acceptors (Lipinski definition) is 4. The van der Waals surface area contributed by atoms with Gasteiger partial charge in [0.2, 0.25) is 0 Å². The van der Waals surface area contributed by atoms with Crippen LogP contribution in [0.4, 0.5) is 5.69 Å². The summed E-state index contributed by atoms with van der Waals surface area (Å²) in [6, 6.07) is 14.5. The lowest BCUT2D eigenvalue weighted by Gasteiger charge is -2.13. The van der Waals surface area contributed by atoms with Crippen molar-refractivity contribution in [2.24, 2.45) is 0 Å². The second kappa shape index (κ2) is 8.31. The number of anilines is 1. The van der Waals surface area contributed by atoms with E-state index < -0.39 is 0 Å². The Hall–Kier alpha value is -2.41. The maximum atomic E-state index is 12.8. The summed E-state index contributed by atoms with van der Waals surface area (Å²) in [6.07, 6.45) is 2.02. The molecule has 28 heavy (non-hydrogen) atoms. The summed E-state index contributed by atoms with van der Waals surface area (Å²) >= 11 is 7.73. The molecule has 1 atom stereocenters. The number of halogens is 1. The van der Waals surface area contributed by atoms with Gasteiger partial charge in [-0.1, -0.05) is 41.9 Å². The highest BCUT2D eigenvalue weighted by Crippen LogP contribution is 2.35. The van der Waals surface area contributed by atoms with Crippen molar-refractivity contribution < 1.29 is 14.3 Å². The molecule has 0 aliphatic carbocycles. The van der Waals surface area contributed by atoms with E-state index in [1.54, 1.807) is 24.3 Å². The van der Waals surface area contributed by atoms with Crippen molar-refractivity contribution in [1.29, 1.82) is 0 Å². The number of benzene rings is 2. The number of thiophene rings is 1. The Bertz CT molecular complexity index is 1030. The number of para-hydroxylation sites is 1. The Balaban J connectivity index is 1.52. The van der Waals surface area contributed by atoms with E-state index in [9.17, 15) is 9.59 Å². The molecule has 1 aliphatic heterocycles. The zero-order chi connectivity index (χ0) is 19.5. The monoisotopic (exact) mass is 414 g/mol. The number of ether oxygens (including phenoxy) is 1. The van der Waals surface area contributed by atoms with Gasteiger partial charge in [0, 0.05) is 23.2 Å². The number of nitrogens with one attached hydrogen (secondary N) is 2. The third kappa shape index (κ3) is 3.90. The molecule has 1 saturated heterocycles. The van der Waals surface area contributed by atoms with Crippen LogP contribution in [-0.4, -0.2) is 31.1 Å². The number of amides is 2. The Morgan fingerprint density at radius 1 is 1.11 bits per heavy atom. The molecular weight excluding hydrogens is 396 g/mol. The molecule has 0 spiro atoms. The highest BCUT2D eigenvalue weighted by atomic mass is 35.5. The van der Waals surface area contributed by atoms with Crippen LogP contribution in [-0.2, 0) is 4.74 Å². The second-order valence-corrected chi connectivity index (χ2v) is 8.02. The molecule has 2 aromatic carbocycles. The van der Waals surface area contributed by atoms with Crippen LogP contribution in [0.3, 0.4) is 0 Å². The molecule has 1 fully saturated rings. The summed E-state index contributed by atoms with van der Waals surface area (Å²) in [7, 11) is 0. The molecular formula is C21H19ClN2O3S. The zero-order valence-corrected chi connectivity index (χ0v) is 16.6. The molecule has 7 heteroatoms. The average molecular weight is 415 g/mol. The summed E-state index contributed by atoms with van der Waals surface area (Å²) in [5.41, 5.74) is 0.858. The van der Waals surface area contributed by atoms with E-state index in [1.165, 1.54) is 11.3 Å². The third-order valence-electron chi connectivity index (χ3n) is 4.68. The van der Waals surface area contributed by atoms with Crippen LogP contribution in [0.2, 0.25) is 5.02 Å². The largest absolute Gasteiger partial charge is 0.376 e. The molecule has 2 amide bonds. The van der Waals surface area contributed by atoms with Gasteiger partial charge < -0.3 is 15.4 Å². The summed E-state index contributed by atoms with van der Waals surface area (Å²) in [5, 5.41) is 7.00. The van der Waals surface area contributed by atoms with Gasteiger partial charge in [0.25, 0.3) is 11.8 Å². The van der Waals surface area contributed by atoms with Gasteiger partial charge in [-0.15, -0.1) is 11.3 Å². The van der Waals surface area contributed by atoms with Crippen molar-refractivity contribution in [1.82, 2.24) is 5.32 Å². The summed E-state index contributed by atoms with van der Waals surface area (Å²) < 4.78 is 6.48. The minimum atomic E-state index is -0.328. The fourth-order valence-corrected chi connectivity index (χ4v) is 4.65. The van der Waals surface area contributed by atoms with Crippen molar-refractivity contribution in [2.45, 2.75) is 18.9 Å². The predicted molar refractivity (Wildman–Crippen MR) is 113 cm³/mol. The molecule has 1 aromatic heterocycles. The van der Waals surface area contributed by atoms with Gasteiger partial charge in [-0.25, -0.2) is 0 Å². The van der Waals surface area contributed by atoms with Gasteiger partial charge in [0.15, 0.2) is 0 Å². The standard InChI is InChI=1S/C21H19ClN2O3S/c22-18-15-8-2-4-10-17(15)28-19(18)21(26)24-16-9-3-1-7-14(16)20(25)23-12-13-6-5-11-27-13/h1-4,7-10,13H,5-6,11-12H2,(H,23,25)(H,24,26)/t13-/m1/s1. The van der Waals surface area contributed by atoms with Crippen LogP contribution >= 0.6 is 22.9 Å². The van der Waals surface area contributed by atoms with Crippen molar-refractivity contribution in [3.8, 4) is 0 Å². The van der Waals surface area contributed by atoms with Crippen molar-refractivity contribution in [3.63, 3.8) is 0 Å². The molecule has 3 aromatic rings. The molecule has 0 saturated carbocycles. The van der Waals surface area contributed by atoms with Crippen LogP contribution < -0.4 is 10.6 Å². The fraction of sp³-hybridized carbons (Fsp3) is 0.238. The van der Waals surface area contributed by atoms with Crippen molar-refractivity contribution in [3.05, 3.63) is 64.0 Å². The molecule has 0 radical (unpaired) electrons. The molecule has 144 valence electrons. The minimum Gasteiger partial charge on any atom is -0.376 e. The van der Waals surface area contributed by atoms with E-state index in [-0.39, 0.29) is 17.9 Å². The first-order valence-corrected chi connectivity index (χ1v) is 10.3. The quantitative estimate of drug-likeness (QED) is 0.635. The summed E-state index contributed by atoms with van der Waals surface area (Å²) in [4.78, 5) is 25.8. The van der Waals surface area contributed by atoms with E-state index >= 15 is 0 Å². The first-order valence-electron chi connectivity index (χ1n) is 9.10. The molecule has 2 heterocycles. The number of fused-ring (bicyclic) bond motifs is 1. The van der Waals surface area contributed by atoms with E-state index in [2.05, 4.69) is 10.6 Å². The van der Waals surface area contributed by atoms with E-state index in [1.807, 2.05) is 24.3 Å². The maximum absolute atomic E-state index is 12.8. The van der Waals surface area contributed by atoms with Crippen molar-refractivity contribution in [2.75, 3.05) is 18.5 Å². The summed E-state index contributed by atoms with van der Waals surface area (Å²) in [6.45, 7) is 1.20. The smallest absolute Gasteiger partial charge is 0.267 e. The van der Waals surface area contributed by atoms with Crippen LogP contribution in [0.25, 0.3) is 10.1 Å². The molecule has 0 unspecified atom stereocenters. The Labute approximate surface area is 171 Å². The minimum absolute atomic E-state index is 0.0584. The lowest BCUT2D eigenvalue weighted by molar-refractivity contribution is 0.0858. The van der Waals surface area contributed by atoms with Gasteiger partial charge in [-0.3, -0.25) is 9.59 Å². The Kier molecular flexibility index (Phi) is 5.62. The zero-order valence-electron chi connectivity index (χ0n) is 15.0. The summed E-state index contributed by atoms with van der Waals surface area (Å²) in [5.74, 6) is -0.570. The SMILES string of the molecule is O=C(NC[C@H]1CCCO1)c1ccccc1NC(=O)c1sc2ccccc2c1Cl. The van der Waals surface area contributed by atoms with Gasteiger partial charge in [0.1, 0.15) is 4.88 Å². The van der Waals surface area contributed by atoms with E-state index in [0.29, 0.717) is 27.7 Å². The van der Waals surface area contributed by atoms with Gasteiger partial charge in [-0.05, 0) is 31.0 Å². The molecule has 1 aliphatic rings. The molecule has 0 bridgehead atoms. The third-order valence-corrected chi connectivity index (χ3v) is 6.35. The number of carbonyl (C=O) groups is 2. The average Bonchev–Trinajstić information content (AvgIpc) is 3.35. The molecule has 2 N–H and O–H groups in total. The van der Waals surface area contributed by atoms with Gasteiger partial charge >= 0.3 is 0 Å². The Morgan fingerprint density at radius 3 is 2.68 bits per heavy atom. The number of carbonyl (C=O) groups excluding carboxylic acids is 2. The highest BCUT2D eigenvalue weighted by molar-refractivity contribution is 7.21. The van der Waals surface area contributed by atoms with Crippen LogP contribution in [0.1, 0.15) is 32.9 Å². The maximum Gasteiger partial charge on any atom is 0.267 e. The second-order valence-electron chi connectivity index (χ2n) is 6.59. The highest BCUT2D eigenvalue weighted by Gasteiger charge is 2.21. The first kappa shape index (κ1) is 18.9. The predicted octanol–water partition coefficient (Wildman–Crippen LogP) is 4.72. The Morgan fingerprint density at radius 2 is 1.89 bits per heavy atom. The van der Waals surface area contributed by atoms with Gasteiger partial charge in [0.05, 0.1) is 22.4 Å². The normalized spacial score (nSPS) is 16.2.